The summed E-state index contributed by atoms with van der Waals surface area (Å²) >= 11 is 24.0. The largest absolute Gasteiger partial charge is 0.326 e. The average molecular weight is 519 g/mol. The maximum atomic E-state index is 13.9. The molecule has 1 fully saturated rings. The summed E-state index contributed by atoms with van der Waals surface area (Å²) in [4.78, 5) is 26.7. The Morgan fingerprint density at radius 3 is 1.94 bits per heavy atom. The van der Waals surface area contributed by atoms with E-state index in [9.17, 15) is 18.4 Å². The van der Waals surface area contributed by atoms with Crippen molar-refractivity contribution in [2.24, 2.45) is 0 Å². The summed E-state index contributed by atoms with van der Waals surface area (Å²) < 4.78 is 27.8. The smallest absolute Gasteiger partial charge is 0.322 e. The molecule has 1 aliphatic rings. The molecule has 1 heterocycles. The second-order valence-corrected chi connectivity index (χ2v) is 9.07. The number of alkyl halides is 2. The summed E-state index contributed by atoms with van der Waals surface area (Å²) in [6, 6.07) is 8.60. The van der Waals surface area contributed by atoms with Crippen molar-refractivity contribution in [3.8, 4) is 0 Å². The van der Waals surface area contributed by atoms with Gasteiger partial charge in [0.1, 0.15) is 0 Å². The SMILES string of the molecule is CC1C(=Cc2ccc(Cl)c(Cl)c2)C(=O)C(=Cc2ccc(Cl)c(Cl)c2)CN1C(=O)C(C)(F)F. The Balaban J connectivity index is 2.11. The van der Waals surface area contributed by atoms with Crippen LogP contribution in [0.4, 0.5) is 8.78 Å². The second-order valence-electron chi connectivity index (χ2n) is 7.44. The van der Waals surface area contributed by atoms with Crippen molar-refractivity contribution in [3.63, 3.8) is 0 Å². The highest BCUT2D eigenvalue weighted by Crippen LogP contribution is 2.32. The van der Waals surface area contributed by atoms with Gasteiger partial charge < -0.3 is 4.90 Å². The summed E-state index contributed by atoms with van der Waals surface area (Å²) in [5.74, 6) is -5.35. The number of hydrogen-bond donors (Lipinski definition) is 0. The molecule has 0 radical (unpaired) electrons. The Hall–Kier alpha value is -1.92. The number of halogens is 6. The summed E-state index contributed by atoms with van der Waals surface area (Å²) in [6.07, 6.45) is 3.03. The van der Waals surface area contributed by atoms with Crippen molar-refractivity contribution >= 4 is 70.2 Å². The van der Waals surface area contributed by atoms with E-state index in [0.29, 0.717) is 28.1 Å². The zero-order valence-electron chi connectivity index (χ0n) is 16.9. The van der Waals surface area contributed by atoms with Crippen LogP contribution in [0.5, 0.6) is 0 Å². The van der Waals surface area contributed by atoms with E-state index in [4.69, 9.17) is 46.4 Å². The fourth-order valence-corrected chi connectivity index (χ4v) is 3.93. The lowest BCUT2D eigenvalue weighted by Crippen LogP contribution is -2.52. The zero-order valence-corrected chi connectivity index (χ0v) is 20.0. The molecule has 3 nitrogen and oxygen atoms in total. The molecule has 1 atom stereocenters. The van der Waals surface area contributed by atoms with Crippen LogP contribution in [0.3, 0.4) is 0 Å². The van der Waals surface area contributed by atoms with Gasteiger partial charge in [-0.25, -0.2) is 0 Å². The fourth-order valence-electron chi connectivity index (χ4n) is 3.32. The van der Waals surface area contributed by atoms with E-state index in [1.807, 2.05) is 0 Å². The number of hydrogen-bond acceptors (Lipinski definition) is 2. The van der Waals surface area contributed by atoms with Crippen molar-refractivity contribution in [2.75, 3.05) is 6.54 Å². The van der Waals surface area contributed by atoms with Gasteiger partial charge in [-0.15, -0.1) is 0 Å². The minimum Gasteiger partial charge on any atom is -0.326 e. The predicted molar refractivity (Wildman–Crippen MR) is 126 cm³/mol. The van der Waals surface area contributed by atoms with Crippen LogP contribution < -0.4 is 0 Å². The average Bonchev–Trinajstić information content (AvgIpc) is 2.71. The van der Waals surface area contributed by atoms with Gasteiger partial charge in [0, 0.05) is 18.1 Å². The van der Waals surface area contributed by atoms with Gasteiger partial charge in [0.25, 0.3) is 5.91 Å². The van der Waals surface area contributed by atoms with Crippen molar-refractivity contribution in [1.29, 1.82) is 0 Å². The third-order valence-corrected chi connectivity index (χ3v) is 6.48. The number of likely N-dealkylation sites (tertiary alicyclic amines) is 1. The van der Waals surface area contributed by atoms with Crippen molar-refractivity contribution in [3.05, 3.63) is 78.8 Å². The fraction of sp³-hybridized carbons (Fsp3) is 0.217. The number of ketones is 1. The van der Waals surface area contributed by atoms with Gasteiger partial charge in [-0.3, -0.25) is 9.59 Å². The van der Waals surface area contributed by atoms with E-state index in [1.54, 1.807) is 36.4 Å². The van der Waals surface area contributed by atoms with Crippen LogP contribution in [-0.2, 0) is 9.59 Å². The highest BCUT2D eigenvalue weighted by Gasteiger charge is 2.43. The Labute approximate surface area is 204 Å². The van der Waals surface area contributed by atoms with Crippen LogP contribution in [0, 0.1) is 0 Å². The number of nitrogens with zero attached hydrogens (tertiary/aromatic N) is 1. The quantitative estimate of drug-likeness (QED) is 0.402. The van der Waals surface area contributed by atoms with Crippen LogP contribution in [0.15, 0.2) is 47.5 Å². The number of carbonyl (C=O) groups is 2. The number of amides is 1. The van der Waals surface area contributed by atoms with Crippen LogP contribution in [-0.4, -0.2) is 35.1 Å². The minimum absolute atomic E-state index is 0.158. The van der Waals surface area contributed by atoms with Crippen molar-refractivity contribution < 1.29 is 18.4 Å². The molecule has 0 bridgehead atoms. The van der Waals surface area contributed by atoms with Gasteiger partial charge in [0.15, 0.2) is 5.78 Å². The van der Waals surface area contributed by atoms with E-state index < -0.39 is 17.9 Å². The first-order chi connectivity index (χ1) is 14.9. The van der Waals surface area contributed by atoms with E-state index in [-0.39, 0.29) is 33.5 Å². The first-order valence-corrected chi connectivity index (χ1v) is 11.0. The highest BCUT2D eigenvalue weighted by atomic mass is 35.5. The number of benzene rings is 2. The molecule has 0 aliphatic carbocycles. The van der Waals surface area contributed by atoms with Crippen molar-refractivity contribution in [2.45, 2.75) is 25.8 Å². The van der Waals surface area contributed by atoms with Crippen LogP contribution in [0.25, 0.3) is 12.2 Å². The number of Topliss-reactive ketones (excluding diaryl/α,β-unsaturated/α-hetero) is 1. The molecule has 1 saturated heterocycles. The molecular weight excluding hydrogens is 502 g/mol. The maximum Gasteiger partial charge on any atom is 0.322 e. The molecule has 0 saturated carbocycles. The summed E-state index contributed by atoms with van der Waals surface area (Å²) in [5, 5.41) is 1.22. The molecule has 2 aromatic carbocycles. The summed E-state index contributed by atoms with van der Waals surface area (Å²) in [7, 11) is 0. The normalized spacial score (nSPS) is 19.7. The van der Waals surface area contributed by atoms with E-state index >= 15 is 0 Å². The monoisotopic (exact) mass is 517 g/mol. The van der Waals surface area contributed by atoms with Gasteiger partial charge in [-0.2, -0.15) is 8.78 Å². The van der Waals surface area contributed by atoms with Gasteiger partial charge in [-0.05, 0) is 54.5 Å². The van der Waals surface area contributed by atoms with Crippen molar-refractivity contribution in [1.82, 2.24) is 4.90 Å². The van der Waals surface area contributed by atoms with Crippen LogP contribution >= 0.6 is 46.4 Å². The first kappa shape index (κ1) is 24.7. The Morgan fingerprint density at radius 1 is 0.969 bits per heavy atom. The third-order valence-electron chi connectivity index (χ3n) is 5.00. The Morgan fingerprint density at radius 2 is 1.47 bits per heavy atom. The minimum atomic E-state index is -3.60. The molecule has 9 heteroatoms. The van der Waals surface area contributed by atoms with Gasteiger partial charge in [0.2, 0.25) is 0 Å². The molecule has 0 aromatic heterocycles. The third kappa shape index (κ3) is 5.34. The molecule has 0 N–H and O–H groups in total. The van der Waals surface area contributed by atoms with Gasteiger partial charge >= 0.3 is 5.92 Å². The van der Waals surface area contributed by atoms with Crippen LogP contribution in [0.1, 0.15) is 25.0 Å². The number of carbonyl (C=O) groups excluding carboxylic acids is 2. The summed E-state index contributed by atoms with van der Waals surface area (Å²) in [6.45, 7) is 1.78. The lowest BCUT2D eigenvalue weighted by atomic mass is 9.88. The molecule has 1 aliphatic heterocycles. The molecule has 32 heavy (non-hydrogen) atoms. The molecule has 1 amide bonds. The summed E-state index contributed by atoms with van der Waals surface area (Å²) in [5.41, 5.74) is 1.41. The van der Waals surface area contributed by atoms with Gasteiger partial charge in [-0.1, -0.05) is 58.5 Å². The zero-order chi connectivity index (χ0) is 23.8. The first-order valence-electron chi connectivity index (χ1n) is 9.44. The second kappa shape index (κ2) is 9.52. The predicted octanol–water partition coefficient (Wildman–Crippen LogP) is 7.22. The lowest BCUT2D eigenvalue weighted by molar-refractivity contribution is -0.156. The Bertz CT molecular complexity index is 1160. The Kier molecular flexibility index (Phi) is 7.35. The molecular formula is C23H17Cl4F2NO2. The maximum absolute atomic E-state index is 13.9. The van der Waals surface area contributed by atoms with E-state index in [2.05, 4.69) is 0 Å². The molecule has 1 unspecified atom stereocenters. The molecule has 0 spiro atoms. The van der Waals surface area contributed by atoms with Crippen LogP contribution in [0.2, 0.25) is 20.1 Å². The van der Waals surface area contributed by atoms with Gasteiger partial charge in [0.05, 0.1) is 32.7 Å². The topological polar surface area (TPSA) is 37.4 Å². The van der Waals surface area contributed by atoms with E-state index in [1.165, 1.54) is 19.1 Å². The number of piperidine rings is 1. The standard InChI is InChI=1S/C23H17Cl4F2NO2/c1-12-16(8-14-4-6-18(25)20(27)10-14)21(31)15(11-30(12)22(32)23(2,28)29)7-13-3-5-17(24)19(26)9-13/h3-10,12H,11H2,1-2H3. The lowest BCUT2D eigenvalue weighted by Gasteiger charge is -2.37. The highest BCUT2D eigenvalue weighted by molar-refractivity contribution is 6.42. The number of rotatable bonds is 3. The molecule has 2 aromatic rings. The van der Waals surface area contributed by atoms with E-state index in [0.717, 1.165) is 4.90 Å². The molecule has 3 rings (SSSR count). The molecule has 168 valence electrons.